The van der Waals surface area contributed by atoms with Gasteiger partial charge in [0.15, 0.2) is 5.96 Å². The Bertz CT molecular complexity index is 558. The van der Waals surface area contributed by atoms with Crippen LogP contribution < -0.4 is 5.73 Å². The number of benzene rings is 1. The zero-order valence-electron chi connectivity index (χ0n) is 14.6. The van der Waals surface area contributed by atoms with Gasteiger partial charge < -0.3 is 15.4 Å². The van der Waals surface area contributed by atoms with Crippen molar-refractivity contribution in [1.82, 2.24) is 9.80 Å². The Kier molecular flexibility index (Phi) is 8.75. The molecule has 0 bridgehead atoms. The first-order chi connectivity index (χ1) is 11.7. The molecule has 25 heavy (non-hydrogen) atoms. The highest BCUT2D eigenvalue weighted by Crippen LogP contribution is 2.22. The van der Waals surface area contributed by atoms with Gasteiger partial charge in [-0.3, -0.25) is 9.89 Å². The van der Waals surface area contributed by atoms with Crippen LogP contribution in [0.25, 0.3) is 0 Å². The van der Waals surface area contributed by atoms with E-state index >= 15 is 0 Å². The fourth-order valence-electron chi connectivity index (χ4n) is 3.31. The standard InChI is InChI=1S/C18H27ClN4O.HI/c19-17-4-2-1-3-16(17)14-22-7-5-15(6-8-22)13-21-18(20)23-9-11-24-12-10-23;/h1-4,15H,5-14H2,(H2,20,21);1H. The van der Waals surface area contributed by atoms with Crippen LogP contribution >= 0.6 is 35.6 Å². The Hall–Kier alpha value is -0.570. The summed E-state index contributed by atoms with van der Waals surface area (Å²) in [6.45, 7) is 7.17. The number of hydrogen-bond donors (Lipinski definition) is 1. The van der Waals surface area contributed by atoms with E-state index in [2.05, 4.69) is 26.9 Å². The fraction of sp³-hybridized carbons (Fsp3) is 0.611. The van der Waals surface area contributed by atoms with Crippen molar-refractivity contribution in [3.63, 3.8) is 0 Å². The Morgan fingerprint density at radius 2 is 1.84 bits per heavy atom. The Balaban J connectivity index is 0.00000225. The van der Waals surface area contributed by atoms with Crippen LogP contribution in [0.3, 0.4) is 0 Å². The van der Waals surface area contributed by atoms with Crippen LogP contribution in [0.2, 0.25) is 5.02 Å². The molecule has 5 nitrogen and oxygen atoms in total. The summed E-state index contributed by atoms with van der Waals surface area (Å²) in [6, 6.07) is 8.11. The van der Waals surface area contributed by atoms with Crippen molar-refractivity contribution < 1.29 is 4.74 Å². The van der Waals surface area contributed by atoms with Crippen molar-refractivity contribution in [3.8, 4) is 0 Å². The van der Waals surface area contributed by atoms with Gasteiger partial charge in [0, 0.05) is 31.2 Å². The highest BCUT2D eigenvalue weighted by Gasteiger charge is 2.20. The molecule has 2 N–H and O–H groups in total. The molecule has 0 amide bonds. The summed E-state index contributed by atoms with van der Waals surface area (Å²) in [5, 5.41) is 0.863. The van der Waals surface area contributed by atoms with E-state index < -0.39 is 0 Å². The molecule has 3 rings (SSSR count). The van der Waals surface area contributed by atoms with E-state index in [9.17, 15) is 0 Å². The van der Waals surface area contributed by atoms with Gasteiger partial charge in [0.2, 0.25) is 0 Å². The topological polar surface area (TPSA) is 54.1 Å². The fourth-order valence-corrected chi connectivity index (χ4v) is 3.51. The quantitative estimate of drug-likeness (QED) is 0.411. The molecule has 0 radical (unpaired) electrons. The predicted octanol–water partition coefficient (Wildman–Crippen LogP) is 2.82. The molecular weight excluding hydrogens is 451 g/mol. The lowest BCUT2D eigenvalue weighted by atomic mass is 9.96. The van der Waals surface area contributed by atoms with E-state index in [-0.39, 0.29) is 24.0 Å². The van der Waals surface area contributed by atoms with Gasteiger partial charge >= 0.3 is 0 Å². The third kappa shape index (κ3) is 6.27. The lowest BCUT2D eigenvalue weighted by Gasteiger charge is -2.32. The van der Waals surface area contributed by atoms with Gasteiger partial charge in [0.1, 0.15) is 0 Å². The monoisotopic (exact) mass is 478 g/mol. The van der Waals surface area contributed by atoms with Gasteiger partial charge in [-0.2, -0.15) is 0 Å². The number of guanidine groups is 1. The van der Waals surface area contributed by atoms with Crippen LogP contribution in [0.1, 0.15) is 18.4 Å². The minimum atomic E-state index is 0. The molecule has 2 fully saturated rings. The second kappa shape index (κ2) is 10.5. The predicted molar refractivity (Wildman–Crippen MR) is 114 cm³/mol. The minimum absolute atomic E-state index is 0. The summed E-state index contributed by atoms with van der Waals surface area (Å²) in [7, 11) is 0. The summed E-state index contributed by atoms with van der Waals surface area (Å²) in [6.07, 6.45) is 2.34. The molecule has 0 unspecified atom stereocenters. The number of nitrogens with zero attached hydrogens (tertiary/aromatic N) is 3. The average Bonchev–Trinajstić information content (AvgIpc) is 2.63. The Labute approximate surface area is 172 Å². The smallest absolute Gasteiger partial charge is 0.191 e. The van der Waals surface area contributed by atoms with E-state index in [0.29, 0.717) is 11.9 Å². The number of aliphatic imine (C=N–C) groups is 1. The van der Waals surface area contributed by atoms with Crippen LogP contribution in [-0.2, 0) is 11.3 Å². The van der Waals surface area contributed by atoms with E-state index in [4.69, 9.17) is 22.1 Å². The number of likely N-dealkylation sites (tertiary alicyclic amines) is 1. The number of rotatable bonds is 4. The molecule has 0 saturated carbocycles. The molecule has 7 heteroatoms. The number of hydrogen-bond acceptors (Lipinski definition) is 3. The van der Waals surface area contributed by atoms with Crippen LogP contribution in [0.5, 0.6) is 0 Å². The van der Waals surface area contributed by atoms with Gasteiger partial charge in [-0.1, -0.05) is 29.8 Å². The maximum absolute atomic E-state index is 6.26. The molecule has 2 heterocycles. The first-order valence-corrected chi connectivity index (χ1v) is 9.18. The molecule has 1 aromatic carbocycles. The van der Waals surface area contributed by atoms with Gasteiger partial charge in [0.25, 0.3) is 0 Å². The van der Waals surface area contributed by atoms with Crippen molar-refractivity contribution in [2.45, 2.75) is 19.4 Å². The van der Waals surface area contributed by atoms with Crippen molar-refractivity contribution in [2.75, 3.05) is 45.9 Å². The van der Waals surface area contributed by atoms with Crippen LogP contribution in [0.4, 0.5) is 0 Å². The maximum Gasteiger partial charge on any atom is 0.191 e. The largest absolute Gasteiger partial charge is 0.378 e. The molecule has 1 aromatic rings. The zero-order chi connectivity index (χ0) is 16.8. The first-order valence-electron chi connectivity index (χ1n) is 8.81. The number of halogens is 2. The number of ether oxygens (including phenoxy) is 1. The van der Waals surface area contributed by atoms with E-state index in [1.54, 1.807) is 0 Å². The van der Waals surface area contributed by atoms with Gasteiger partial charge in [-0.15, -0.1) is 24.0 Å². The van der Waals surface area contributed by atoms with Crippen molar-refractivity contribution in [3.05, 3.63) is 34.9 Å². The third-order valence-electron chi connectivity index (χ3n) is 4.91. The lowest BCUT2D eigenvalue weighted by Crippen LogP contribution is -2.45. The summed E-state index contributed by atoms with van der Waals surface area (Å²) in [4.78, 5) is 9.22. The molecule has 2 saturated heterocycles. The summed E-state index contributed by atoms with van der Waals surface area (Å²) >= 11 is 6.26. The molecule has 2 aliphatic heterocycles. The molecule has 0 spiro atoms. The Morgan fingerprint density at radius 1 is 1.16 bits per heavy atom. The highest BCUT2D eigenvalue weighted by atomic mass is 127. The normalized spacial score (nSPS) is 20.4. The second-order valence-corrected chi connectivity index (χ2v) is 7.02. The second-order valence-electron chi connectivity index (χ2n) is 6.61. The van der Waals surface area contributed by atoms with Crippen LogP contribution in [0.15, 0.2) is 29.3 Å². The van der Waals surface area contributed by atoms with E-state index in [0.717, 1.165) is 57.5 Å². The van der Waals surface area contributed by atoms with E-state index in [1.165, 1.54) is 18.4 Å². The highest BCUT2D eigenvalue weighted by molar-refractivity contribution is 14.0. The zero-order valence-corrected chi connectivity index (χ0v) is 17.7. The Morgan fingerprint density at radius 3 is 2.52 bits per heavy atom. The number of nitrogens with two attached hydrogens (primary N) is 1. The minimum Gasteiger partial charge on any atom is -0.378 e. The summed E-state index contributed by atoms with van der Waals surface area (Å²) in [5.41, 5.74) is 7.32. The summed E-state index contributed by atoms with van der Waals surface area (Å²) < 4.78 is 5.35. The molecule has 140 valence electrons. The lowest BCUT2D eigenvalue weighted by molar-refractivity contribution is 0.0673. The van der Waals surface area contributed by atoms with Crippen molar-refractivity contribution >= 4 is 41.5 Å². The van der Waals surface area contributed by atoms with Crippen LogP contribution in [0, 0.1) is 5.92 Å². The molecule has 0 atom stereocenters. The first kappa shape index (κ1) is 20.7. The van der Waals surface area contributed by atoms with Crippen molar-refractivity contribution in [1.29, 1.82) is 0 Å². The molecule has 0 aliphatic carbocycles. The van der Waals surface area contributed by atoms with Gasteiger partial charge in [0.05, 0.1) is 13.2 Å². The molecule has 0 aromatic heterocycles. The molecule has 2 aliphatic rings. The van der Waals surface area contributed by atoms with Gasteiger partial charge in [-0.25, -0.2) is 0 Å². The maximum atomic E-state index is 6.26. The SMILES string of the molecule is I.NC(=NCC1CCN(Cc2ccccc2Cl)CC1)N1CCOCC1. The summed E-state index contributed by atoms with van der Waals surface area (Å²) in [5.74, 6) is 1.31. The third-order valence-corrected chi connectivity index (χ3v) is 5.27. The van der Waals surface area contributed by atoms with Crippen LogP contribution in [-0.4, -0.2) is 61.7 Å². The number of morpholine rings is 1. The van der Waals surface area contributed by atoms with Crippen molar-refractivity contribution in [2.24, 2.45) is 16.6 Å². The van der Waals surface area contributed by atoms with Gasteiger partial charge in [-0.05, 0) is 43.5 Å². The number of piperidine rings is 1. The molecular formula is C18H28ClIN4O. The average molecular weight is 479 g/mol. The van der Waals surface area contributed by atoms with E-state index in [1.807, 2.05) is 12.1 Å².